The Morgan fingerprint density at radius 3 is 2.69 bits per heavy atom. The Balaban J connectivity index is 1.37. The van der Waals surface area contributed by atoms with Crippen LogP contribution in [0.25, 0.3) is 33.1 Å². The molecule has 1 saturated carbocycles. The molecule has 0 spiro atoms. The highest BCUT2D eigenvalue weighted by molar-refractivity contribution is 6.02. The number of hydrogen-bond donors (Lipinski definition) is 1. The number of halogens is 1. The second-order valence-electron chi connectivity index (χ2n) is 10.5. The van der Waals surface area contributed by atoms with E-state index in [9.17, 15) is 9.59 Å². The summed E-state index contributed by atoms with van der Waals surface area (Å²) in [4.78, 5) is 29.4. The van der Waals surface area contributed by atoms with Crippen LogP contribution in [0.3, 0.4) is 0 Å². The monoisotopic (exact) mass is 475 g/mol. The van der Waals surface area contributed by atoms with Crippen molar-refractivity contribution in [3.8, 4) is 11.1 Å². The molecule has 7 nitrogen and oxygen atoms in total. The lowest BCUT2D eigenvalue weighted by molar-refractivity contribution is 0.0506. The Morgan fingerprint density at radius 1 is 1.17 bits per heavy atom. The van der Waals surface area contributed by atoms with Crippen molar-refractivity contribution in [1.29, 1.82) is 0 Å². The van der Waals surface area contributed by atoms with Crippen molar-refractivity contribution in [3.63, 3.8) is 0 Å². The van der Waals surface area contributed by atoms with Crippen molar-refractivity contribution in [2.45, 2.75) is 64.1 Å². The van der Waals surface area contributed by atoms with Crippen LogP contribution < -0.4 is 10.9 Å². The molecule has 1 amide bonds. The first kappa shape index (κ1) is 21.8. The van der Waals surface area contributed by atoms with E-state index in [2.05, 4.69) is 10.3 Å². The zero-order chi connectivity index (χ0) is 24.5. The van der Waals surface area contributed by atoms with E-state index in [1.54, 1.807) is 10.6 Å². The predicted molar refractivity (Wildman–Crippen MR) is 130 cm³/mol. The molecule has 35 heavy (non-hydrogen) atoms. The lowest BCUT2D eigenvalue weighted by Crippen LogP contribution is -2.39. The molecule has 1 N–H and O–H groups in total. The Bertz CT molecular complexity index is 1560. The normalized spacial score (nSPS) is 17.7. The average Bonchev–Trinajstić information content (AvgIpc) is 3.33. The van der Waals surface area contributed by atoms with E-state index >= 15 is 4.39 Å². The average molecular weight is 476 g/mol. The summed E-state index contributed by atoms with van der Waals surface area (Å²) in [7, 11) is 0. The number of fused-ring (bicyclic) bond motifs is 4. The van der Waals surface area contributed by atoms with Gasteiger partial charge in [0.15, 0.2) is 17.5 Å². The molecule has 1 fully saturated rings. The van der Waals surface area contributed by atoms with Gasteiger partial charge in [0.05, 0.1) is 5.52 Å². The zero-order valence-corrected chi connectivity index (χ0v) is 19.9. The van der Waals surface area contributed by atoms with Gasteiger partial charge in [-0.2, -0.15) is 0 Å². The van der Waals surface area contributed by atoms with E-state index < -0.39 is 17.5 Å². The number of alkyl carbamates (subject to hydrolysis) is 1. The van der Waals surface area contributed by atoms with Crippen LogP contribution in [-0.4, -0.2) is 27.3 Å². The number of nitrogens with zero attached hydrogens (tertiary/aromatic N) is 2. The summed E-state index contributed by atoms with van der Waals surface area (Å²) in [6, 6.07) is 9.07. The van der Waals surface area contributed by atoms with Crippen molar-refractivity contribution in [2.75, 3.05) is 0 Å². The van der Waals surface area contributed by atoms with Crippen molar-refractivity contribution >= 4 is 28.1 Å². The molecule has 2 heterocycles. The fourth-order valence-corrected chi connectivity index (χ4v) is 5.03. The van der Waals surface area contributed by atoms with Gasteiger partial charge in [-0.05, 0) is 75.3 Å². The standard InChI is InChI=1S/C27H26FN3O4/c1-27(2,3)35-26(33)30-17-9-14-4-5-15(8-16(14)10-17)19-12-22-20(11-21(19)28)24-23(29-13-34-24)25(32)31(22)18-6-7-18/h4-5,8,11-13,17-18H,6-7,9-10H2,1-3H3,(H,30,33). The number of carbonyl (C=O) groups excluding carboxylic acids is 1. The smallest absolute Gasteiger partial charge is 0.407 e. The Morgan fingerprint density at radius 2 is 1.94 bits per heavy atom. The third kappa shape index (κ3) is 3.87. The predicted octanol–water partition coefficient (Wildman–Crippen LogP) is 5.28. The van der Waals surface area contributed by atoms with Gasteiger partial charge in [-0.15, -0.1) is 0 Å². The topological polar surface area (TPSA) is 86.4 Å². The fourth-order valence-electron chi connectivity index (χ4n) is 5.03. The summed E-state index contributed by atoms with van der Waals surface area (Å²) in [6.07, 6.45) is 3.96. The number of rotatable bonds is 3. The Hall–Kier alpha value is -3.68. The van der Waals surface area contributed by atoms with Crippen LogP contribution in [0.15, 0.2) is 45.9 Å². The highest BCUT2D eigenvalue weighted by Gasteiger charge is 2.30. The summed E-state index contributed by atoms with van der Waals surface area (Å²) in [6.45, 7) is 5.49. The third-order valence-electron chi connectivity index (χ3n) is 6.66. The minimum atomic E-state index is -0.561. The number of carbonyl (C=O) groups is 1. The molecule has 1 unspecified atom stereocenters. The molecular weight excluding hydrogens is 449 g/mol. The number of ether oxygens (including phenoxy) is 1. The molecule has 0 radical (unpaired) electrons. The van der Waals surface area contributed by atoms with Crippen LogP contribution in [0.5, 0.6) is 0 Å². The van der Waals surface area contributed by atoms with Gasteiger partial charge in [-0.1, -0.05) is 18.2 Å². The maximum atomic E-state index is 15.4. The van der Waals surface area contributed by atoms with E-state index in [1.165, 1.54) is 12.5 Å². The molecule has 180 valence electrons. The Kier molecular flexibility index (Phi) is 4.78. The SMILES string of the molecule is CC(C)(C)OC(=O)NC1Cc2ccc(-c3cc4c(cc3F)c3ocnc3c(=O)n4C3CC3)cc2C1. The number of oxazole rings is 1. The summed E-state index contributed by atoms with van der Waals surface area (Å²) in [5.74, 6) is -0.391. The van der Waals surface area contributed by atoms with Gasteiger partial charge < -0.3 is 19.0 Å². The van der Waals surface area contributed by atoms with Crippen LogP contribution in [-0.2, 0) is 17.6 Å². The van der Waals surface area contributed by atoms with E-state index in [0.29, 0.717) is 34.9 Å². The molecule has 4 aromatic rings. The number of amides is 1. The summed E-state index contributed by atoms with van der Waals surface area (Å²) >= 11 is 0. The minimum Gasteiger partial charge on any atom is -0.444 e. The second-order valence-corrected chi connectivity index (χ2v) is 10.5. The molecule has 0 bridgehead atoms. The molecule has 8 heteroatoms. The van der Waals surface area contributed by atoms with E-state index in [4.69, 9.17) is 9.15 Å². The largest absolute Gasteiger partial charge is 0.444 e. The van der Waals surface area contributed by atoms with Gasteiger partial charge in [-0.3, -0.25) is 4.79 Å². The minimum absolute atomic E-state index is 0.0728. The van der Waals surface area contributed by atoms with Gasteiger partial charge in [0.25, 0.3) is 5.56 Å². The first-order valence-electron chi connectivity index (χ1n) is 11.9. The summed E-state index contributed by atoms with van der Waals surface area (Å²) < 4.78 is 28.0. The Labute approximate surface area is 200 Å². The molecule has 0 aliphatic heterocycles. The lowest BCUT2D eigenvalue weighted by Gasteiger charge is -2.21. The van der Waals surface area contributed by atoms with Gasteiger partial charge >= 0.3 is 6.09 Å². The quantitative estimate of drug-likeness (QED) is 0.436. The second kappa shape index (κ2) is 7.66. The highest BCUT2D eigenvalue weighted by Crippen LogP contribution is 2.39. The number of hydrogen-bond acceptors (Lipinski definition) is 5. The summed E-state index contributed by atoms with van der Waals surface area (Å²) in [5, 5.41) is 3.48. The first-order chi connectivity index (χ1) is 16.7. The van der Waals surface area contributed by atoms with Crippen LogP contribution in [0.4, 0.5) is 9.18 Å². The van der Waals surface area contributed by atoms with Gasteiger partial charge in [0.1, 0.15) is 11.4 Å². The van der Waals surface area contributed by atoms with E-state index in [0.717, 1.165) is 29.5 Å². The molecule has 2 aromatic heterocycles. The van der Waals surface area contributed by atoms with E-state index in [1.807, 2.05) is 39.0 Å². The third-order valence-corrected chi connectivity index (χ3v) is 6.66. The number of benzene rings is 2. The van der Waals surface area contributed by atoms with Crippen molar-refractivity contribution in [2.24, 2.45) is 0 Å². The van der Waals surface area contributed by atoms with Gasteiger partial charge in [0, 0.05) is 23.0 Å². The molecular formula is C27H26FN3O4. The summed E-state index contributed by atoms with van der Waals surface area (Å²) in [5.41, 5.74) is 3.78. The van der Waals surface area contributed by atoms with Gasteiger partial charge in [0.2, 0.25) is 0 Å². The van der Waals surface area contributed by atoms with Gasteiger partial charge in [-0.25, -0.2) is 14.2 Å². The van der Waals surface area contributed by atoms with Crippen LogP contribution in [0.2, 0.25) is 0 Å². The number of nitrogens with one attached hydrogen (secondary N) is 1. The maximum Gasteiger partial charge on any atom is 0.407 e. The van der Waals surface area contributed by atoms with Crippen molar-refractivity contribution in [3.05, 3.63) is 64.0 Å². The molecule has 6 rings (SSSR count). The number of pyridine rings is 1. The molecule has 2 aromatic carbocycles. The number of aromatic nitrogens is 2. The maximum absolute atomic E-state index is 15.4. The van der Waals surface area contributed by atoms with Crippen molar-refractivity contribution in [1.82, 2.24) is 14.9 Å². The molecule has 1 atom stereocenters. The van der Waals surface area contributed by atoms with Crippen LogP contribution >= 0.6 is 0 Å². The highest BCUT2D eigenvalue weighted by atomic mass is 19.1. The fraction of sp³-hybridized carbons (Fsp3) is 0.370. The molecule has 2 aliphatic rings. The molecule has 2 aliphatic carbocycles. The van der Waals surface area contributed by atoms with Crippen LogP contribution in [0, 0.1) is 5.82 Å². The first-order valence-corrected chi connectivity index (χ1v) is 11.9. The molecule has 0 saturated heterocycles. The lowest BCUT2D eigenvalue weighted by atomic mass is 9.98. The van der Waals surface area contributed by atoms with Crippen LogP contribution in [0.1, 0.15) is 50.8 Å². The van der Waals surface area contributed by atoms with E-state index in [-0.39, 0.29) is 23.2 Å². The zero-order valence-electron chi connectivity index (χ0n) is 19.9. The van der Waals surface area contributed by atoms with Crippen molar-refractivity contribution < 1.29 is 18.3 Å².